The SMILES string of the molecule is CC1=CC(=[N+]2CCCC2)CC(C)(C)C1.[O-][Cl+3]([O-])([O-])[O-]. The van der Waals surface area contributed by atoms with Gasteiger partial charge in [-0.3, -0.25) is 0 Å². The van der Waals surface area contributed by atoms with Crippen molar-refractivity contribution in [3.8, 4) is 0 Å². The Kier molecular flexibility index (Phi) is 5.53. The molecule has 6 heteroatoms. The summed E-state index contributed by atoms with van der Waals surface area (Å²) in [5.41, 5.74) is 3.64. The van der Waals surface area contributed by atoms with E-state index in [2.05, 4.69) is 31.4 Å². The fourth-order valence-corrected chi connectivity index (χ4v) is 2.90. The van der Waals surface area contributed by atoms with Crippen LogP contribution in [0.25, 0.3) is 0 Å². The summed E-state index contributed by atoms with van der Waals surface area (Å²) < 4.78 is 36.6. The molecule has 1 aliphatic heterocycles. The number of rotatable bonds is 0. The van der Waals surface area contributed by atoms with Gasteiger partial charge in [0.15, 0.2) is 5.71 Å². The lowest BCUT2D eigenvalue weighted by Gasteiger charge is -2.28. The highest BCUT2D eigenvalue weighted by molar-refractivity contribution is 5.92. The number of nitrogens with zero attached hydrogens (tertiary/aromatic N) is 1. The normalized spacial score (nSPS) is 22.8. The fourth-order valence-electron chi connectivity index (χ4n) is 2.90. The first kappa shape index (κ1) is 16.6. The zero-order valence-corrected chi connectivity index (χ0v) is 12.5. The highest BCUT2D eigenvalue weighted by Crippen LogP contribution is 2.33. The summed E-state index contributed by atoms with van der Waals surface area (Å²) in [5, 5.41) is 0. The Morgan fingerprint density at radius 1 is 1.05 bits per heavy atom. The summed E-state index contributed by atoms with van der Waals surface area (Å²) in [7, 11) is -4.94. The Morgan fingerprint density at radius 2 is 1.53 bits per heavy atom. The van der Waals surface area contributed by atoms with Crippen LogP contribution in [-0.2, 0) is 0 Å². The average molecular weight is 292 g/mol. The lowest BCUT2D eigenvalue weighted by atomic mass is 9.77. The van der Waals surface area contributed by atoms with Gasteiger partial charge in [0.05, 0.1) is 0 Å². The third kappa shape index (κ3) is 7.03. The lowest BCUT2D eigenvalue weighted by molar-refractivity contribution is -2.00. The minimum atomic E-state index is -4.94. The van der Waals surface area contributed by atoms with Crippen molar-refractivity contribution in [3.63, 3.8) is 0 Å². The van der Waals surface area contributed by atoms with Gasteiger partial charge < -0.3 is 0 Å². The van der Waals surface area contributed by atoms with E-state index in [1.807, 2.05) is 0 Å². The summed E-state index contributed by atoms with van der Waals surface area (Å²) >= 11 is 0. The van der Waals surface area contributed by atoms with E-state index in [4.69, 9.17) is 18.6 Å². The first-order valence-electron chi connectivity index (χ1n) is 6.46. The molecule has 1 aliphatic carbocycles. The zero-order chi connectivity index (χ0) is 14.7. The molecule has 1 fully saturated rings. The van der Waals surface area contributed by atoms with Crippen molar-refractivity contribution >= 4 is 5.71 Å². The van der Waals surface area contributed by atoms with Gasteiger partial charge in [0.25, 0.3) is 0 Å². The maximum absolute atomic E-state index is 8.49. The first-order valence-corrected chi connectivity index (χ1v) is 7.70. The third-order valence-electron chi connectivity index (χ3n) is 3.34. The molecule has 0 aromatic rings. The first-order chi connectivity index (χ1) is 8.57. The van der Waals surface area contributed by atoms with E-state index in [9.17, 15) is 0 Å². The minimum absolute atomic E-state index is 0.483. The van der Waals surface area contributed by atoms with Gasteiger partial charge >= 0.3 is 0 Å². The van der Waals surface area contributed by atoms with Crippen molar-refractivity contribution in [2.75, 3.05) is 13.1 Å². The van der Waals surface area contributed by atoms with Gasteiger partial charge in [0.1, 0.15) is 13.1 Å². The monoisotopic (exact) mass is 291 g/mol. The molecule has 2 rings (SSSR count). The lowest BCUT2D eigenvalue weighted by Crippen LogP contribution is -2.68. The molecule has 0 N–H and O–H groups in total. The highest BCUT2D eigenvalue weighted by Gasteiger charge is 2.30. The summed E-state index contributed by atoms with van der Waals surface area (Å²) in [6.07, 6.45) is 7.74. The molecule has 0 saturated carbocycles. The largest absolute Gasteiger partial charge is 0.233 e. The van der Waals surface area contributed by atoms with Crippen LogP contribution in [0.2, 0.25) is 0 Å². The van der Waals surface area contributed by atoms with Crippen molar-refractivity contribution in [1.82, 2.24) is 0 Å². The van der Waals surface area contributed by atoms with Crippen molar-refractivity contribution in [1.29, 1.82) is 0 Å². The summed E-state index contributed by atoms with van der Waals surface area (Å²) in [6.45, 7) is 9.63. The van der Waals surface area contributed by atoms with E-state index in [0.717, 1.165) is 0 Å². The van der Waals surface area contributed by atoms with Gasteiger partial charge in [-0.25, -0.2) is 23.2 Å². The molecule has 110 valence electrons. The van der Waals surface area contributed by atoms with E-state index in [0.29, 0.717) is 5.41 Å². The van der Waals surface area contributed by atoms with Crippen molar-refractivity contribution in [2.45, 2.75) is 46.5 Å². The second-order valence-electron chi connectivity index (χ2n) is 6.07. The van der Waals surface area contributed by atoms with Crippen LogP contribution in [0.3, 0.4) is 0 Å². The second kappa shape index (κ2) is 6.33. The van der Waals surface area contributed by atoms with Crippen molar-refractivity contribution in [3.05, 3.63) is 11.6 Å². The van der Waals surface area contributed by atoms with Crippen LogP contribution in [0.4, 0.5) is 0 Å². The quantitative estimate of drug-likeness (QED) is 0.494. The Labute approximate surface area is 116 Å². The van der Waals surface area contributed by atoms with Gasteiger partial charge in [-0.1, -0.05) is 19.4 Å². The van der Waals surface area contributed by atoms with Gasteiger partial charge in [0, 0.05) is 25.3 Å². The molecule has 0 bridgehead atoms. The van der Waals surface area contributed by atoms with Crippen molar-refractivity contribution in [2.24, 2.45) is 5.41 Å². The van der Waals surface area contributed by atoms with Crippen LogP contribution in [0.5, 0.6) is 0 Å². The predicted molar refractivity (Wildman–Crippen MR) is 61.0 cm³/mol. The molecule has 0 unspecified atom stereocenters. The molecule has 1 saturated heterocycles. The molecule has 0 spiro atoms. The van der Waals surface area contributed by atoms with E-state index < -0.39 is 10.2 Å². The van der Waals surface area contributed by atoms with E-state index >= 15 is 0 Å². The maximum Gasteiger partial charge on any atom is 0.176 e. The van der Waals surface area contributed by atoms with Crippen LogP contribution in [-0.4, -0.2) is 23.4 Å². The Hall–Kier alpha value is -0.460. The summed E-state index contributed by atoms with van der Waals surface area (Å²) in [5.74, 6) is 0. The van der Waals surface area contributed by atoms with Gasteiger partial charge in [-0.2, -0.15) is 0 Å². The molecule has 0 aromatic carbocycles. The molecule has 19 heavy (non-hydrogen) atoms. The smallest absolute Gasteiger partial charge is 0.176 e. The van der Waals surface area contributed by atoms with Crippen molar-refractivity contribution < 1.29 is 33.5 Å². The maximum atomic E-state index is 8.49. The van der Waals surface area contributed by atoms with Crippen LogP contribution >= 0.6 is 0 Å². The Bertz CT molecular complexity index is 369. The standard InChI is InChI=1S/C13H22N.ClHO4/c1-11-8-12(10-13(2,3)9-11)14-6-4-5-7-14;2-1(3,4)5/h8H,4-7,9-10H2,1-3H3;(H,2,3,4,5)/q+1;/p-1. The number of hydrogen-bond acceptors (Lipinski definition) is 4. The third-order valence-corrected chi connectivity index (χ3v) is 3.34. The summed E-state index contributed by atoms with van der Waals surface area (Å²) in [6, 6.07) is 0. The number of halogens is 1. The molecule has 0 aromatic heterocycles. The van der Waals surface area contributed by atoms with Gasteiger partial charge in [0.2, 0.25) is 0 Å². The summed E-state index contributed by atoms with van der Waals surface area (Å²) in [4.78, 5) is 0. The van der Waals surface area contributed by atoms with E-state index in [1.165, 1.54) is 38.8 Å². The highest BCUT2D eigenvalue weighted by atomic mass is 35.7. The molecule has 0 atom stereocenters. The molecular weight excluding hydrogens is 270 g/mol. The minimum Gasteiger partial charge on any atom is -0.233 e. The van der Waals surface area contributed by atoms with Crippen LogP contribution < -0.4 is 18.6 Å². The number of hydrogen-bond donors (Lipinski definition) is 0. The Balaban J connectivity index is 0.000000312. The van der Waals surface area contributed by atoms with E-state index in [-0.39, 0.29) is 0 Å². The topological polar surface area (TPSA) is 95.2 Å². The molecule has 0 radical (unpaired) electrons. The van der Waals surface area contributed by atoms with Crippen LogP contribution in [0, 0.1) is 15.7 Å². The fraction of sp³-hybridized carbons (Fsp3) is 0.769. The Morgan fingerprint density at radius 3 is 1.95 bits per heavy atom. The number of allylic oxidation sites excluding steroid dienone is 2. The molecule has 0 amide bonds. The average Bonchev–Trinajstić information content (AvgIpc) is 2.63. The second-order valence-corrected chi connectivity index (χ2v) is 6.83. The van der Waals surface area contributed by atoms with Crippen LogP contribution in [0.1, 0.15) is 46.5 Å². The van der Waals surface area contributed by atoms with E-state index in [1.54, 1.807) is 11.3 Å². The molecule has 1 heterocycles. The predicted octanol–water partition coefficient (Wildman–Crippen LogP) is -1.76. The molecule has 5 nitrogen and oxygen atoms in total. The van der Waals surface area contributed by atoms with Gasteiger partial charge in [-0.05, 0) is 18.8 Å². The molecular formula is C13H22ClNO4. The zero-order valence-electron chi connectivity index (χ0n) is 11.8. The van der Waals surface area contributed by atoms with Crippen LogP contribution in [0.15, 0.2) is 11.6 Å². The molecule has 2 aliphatic rings. The van der Waals surface area contributed by atoms with Gasteiger partial charge in [-0.15, -0.1) is 10.2 Å².